The number of hydrogen-bond acceptors (Lipinski definition) is 7. The molecule has 2 saturated heterocycles. The van der Waals surface area contributed by atoms with Crippen molar-refractivity contribution >= 4 is 17.4 Å². The lowest BCUT2D eigenvalue weighted by Gasteiger charge is -2.36. The molecule has 158 valence electrons. The number of nitro groups is 1. The maximum absolute atomic E-state index is 12.5. The van der Waals surface area contributed by atoms with Crippen molar-refractivity contribution in [3.8, 4) is 11.3 Å². The number of rotatable bonds is 5. The summed E-state index contributed by atoms with van der Waals surface area (Å²) < 4.78 is 5.30. The van der Waals surface area contributed by atoms with Crippen LogP contribution < -0.4 is 4.90 Å². The SMILES string of the molecule is O=C(CN1CCN(c2ccc([N+](=O)[O-])c(-c3ccccc3)n2)CC1)N1CCOCC1. The minimum Gasteiger partial charge on any atom is -0.378 e. The Bertz CT molecular complexity index is 894. The smallest absolute Gasteiger partial charge is 0.295 e. The van der Waals surface area contributed by atoms with Gasteiger partial charge in [-0.25, -0.2) is 4.98 Å². The topological polar surface area (TPSA) is 92.0 Å². The summed E-state index contributed by atoms with van der Waals surface area (Å²) in [7, 11) is 0. The fraction of sp³-hybridized carbons (Fsp3) is 0.429. The van der Waals surface area contributed by atoms with E-state index in [1.54, 1.807) is 6.07 Å². The zero-order valence-corrected chi connectivity index (χ0v) is 16.8. The van der Waals surface area contributed by atoms with Gasteiger partial charge in [0.15, 0.2) is 5.69 Å². The van der Waals surface area contributed by atoms with Crippen molar-refractivity contribution in [2.45, 2.75) is 0 Å². The molecule has 4 rings (SSSR count). The van der Waals surface area contributed by atoms with Crippen LogP contribution >= 0.6 is 0 Å². The van der Waals surface area contributed by atoms with Crippen LogP contribution in [0.4, 0.5) is 11.5 Å². The van der Waals surface area contributed by atoms with Gasteiger partial charge in [0, 0.05) is 50.9 Å². The van der Waals surface area contributed by atoms with E-state index >= 15 is 0 Å². The highest BCUT2D eigenvalue weighted by atomic mass is 16.6. The van der Waals surface area contributed by atoms with Crippen LogP contribution in [0.2, 0.25) is 0 Å². The van der Waals surface area contributed by atoms with Crippen molar-refractivity contribution in [3.05, 3.63) is 52.6 Å². The van der Waals surface area contributed by atoms with Gasteiger partial charge in [0.2, 0.25) is 5.91 Å². The van der Waals surface area contributed by atoms with Gasteiger partial charge in [0.25, 0.3) is 5.69 Å². The standard InChI is InChI=1S/C21H25N5O4/c27-20(25-12-14-30-15-13-25)16-23-8-10-24(11-9-23)19-7-6-18(26(28)29)21(22-19)17-4-2-1-3-5-17/h1-7H,8-16H2. The monoisotopic (exact) mass is 411 g/mol. The lowest BCUT2D eigenvalue weighted by atomic mass is 10.1. The molecule has 0 N–H and O–H groups in total. The lowest BCUT2D eigenvalue weighted by molar-refractivity contribution is -0.384. The van der Waals surface area contributed by atoms with E-state index in [1.165, 1.54) is 6.07 Å². The number of hydrogen-bond donors (Lipinski definition) is 0. The third-order valence-corrected chi connectivity index (χ3v) is 5.52. The minimum absolute atomic E-state index is 0.000284. The maximum atomic E-state index is 12.5. The number of carbonyl (C=O) groups excluding carboxylic acids is 1. The van der Waals surface area contributed by atoms with Crippen LogP contribution in [-0.4, -0.2) is 84.6 Å². The van der Waals surface area contributed by atoms with Crippen molar-refractivity contribution in [2.24, 2.45) is 0 Å². The highest BCUT2D eigenvalue weighted by Gasteiger charge is 2.25. The minimum atomic E-state index is -0.395. The van der Waals surface area contributed by atoms with Gasteiger partial charge in [-0.2, -0.15) is 0 Å². The van der Waals surface area contributed by atoms with Gasteiger partial charge in [-0.3, -0.25) is 19.8 Å². The Morgan fingerprint density at radius 3 is 2.37 bits per heavy atom. The van der Waals surface area contributed by atoms with Gasteiger partial charge in [-0.1, -0.05) is 30.3 Å². The molecule has 0 unspecified atom stereocenters. The third-order valence-electron chi connectivity index (χ3n) is 5.52. The first-order chi connectivity index (χ1) is 14.6. The molecule has 0 bridgehead atoms. The molecule has 1 aromatic heterocycles. The molecule has 0 saturated carbocycles. The Morgan fingerprint density at radius 2 is 1.70 bits per heavy atom. The molecule has 9 heteroatoms. The molecule has 0 spiro atoms. The molecule has 0 aliphatic carbocycles. The quantitative estimate of drug-likeness (QED) is 0.545. The molecular formula is C21H25N5O4. The van der Waals surface area contributed by atoms with Gasteiger partial charge in [0.05, 0.1) is 24.7 Å². The van der Waals surface area contributed by atoms with Crippen LogP contribution in [0.3, 0.4) is 0 Å². The van der Waals surface area contributed by atoms with Crippen LogP contribution in [-0.2, 0) is 9.53 Å². The van der Waals surface area contributed by atoms with E-state index in [1.807, 2.05) is 35.2 Å². The van der Waals surface area contributed by atoms with E-state index in [2.05, 4.69) is 14.8 Å². The number of piperazine rings is 1. The first-order valence-electron chi connectivity index (χ1n) is 10.2. The van der Waals surface area contributed by atoms with Gasteiger partial charge in [0.1, 0.15) is 5.82 Å². The number of nitrogens with zero attached hydrogens (tertiary/aromatic N) is 5. The summed E-state index contributed by atoms with van der Waals surface area (Å²) in [5, 5.41) is 11.5. The van der Waals surface area contributed by atoms with Crippen molar-refractivity contribution in [1.29, 1.82) is 0 Å². The summed E-state index contributed by atoms with van der Waals surface area (Å²) in [6.45, 7) is 5.87. The number of amides is 1. The molecular weight excluding hydrogens is 386 g/mol. The first kappa shape index (κ1) is 20.2. The van der Waals surface area contributed by atoms with Crippen molar-refractivity contribution in [1.82, 2.24) is 14.8 Å². The molecule has 2 aromatic rings. The molecule has 1 aromatic carbocycles. The maximum Gasteiger partial charge on any atom is 0.295 e. The van der Waals surface area contributed by atoms with E-state index in [4.69, 9.17) is 4.74 Å². The number of carbonyl (C=O) groups is 1. The van der Waals surface area contributed by atoms with E-state index in [9.17, 15) is 14.9 Å². The molecule has 1 amide bonds. The van der Waals surface area contributed by atoms with Crippen LogP contribution in [0, 0.1) is 10.1 Å². The fourth-order valence-corrected chi connectivity index (χ4v) is 3.81. The summed E-state index contributed by atoms with van der Waals surface area (Å²) in [6, 6.07) is 12.5. The third kappa shape index (κ3) is 4.58. The fourth-order valence-electron chi connectivity index (χ4n) is 3.81. The number of aromatic nitrogens is 1. The Labute approximate surface area is 175 Å². The molecule has 0 atom stereocenters. The van der Waals surface area contributed by atoms with E-state index in [-0.39, 0.29) is 11.6 Å². The zero-order chi connectivity index (χ0) is 20.9. The summed E-state index contributed by atoms with van der Waals surface area (Å²) >= 11 is 0. The Morgan fingerprint density at radius 1 is 1.00 bits per heavy atom. The summed E-state index contributed by atoms with van der Waals surface area (Å²) in [4.78, 5) is 34.3. The molecule has 2 fully saturated rings. The second-order valence-corrected chi connectivity index (χ2v) is 7.42. The normalized spacial score (nSPS) is 17.7. The molecule has 2 aliphatic rings. The summed E-state index contributed by atoms with van der Waals surface area (Å²) in [5.41, 5.74) is 1.10. The second kappa shape index (κ2) is 9.19. The lowest BCUT2D eigenvalue weighted by Crippen LogP contribution is -2.51. The second-order valence-electron chi connectivity index (χ2n) is 7.42. The van der Waals surface area contributed by atoms with Gasteiger partial charge >= 0.3 is 0 Å². The predicted molar refractivity (Wildman–Crippen MR) is 112 cm³/mol. The number of benzene rings is 1. The number of morpholine rings is 1. The summed E-state index contributed by atoms with van der Waals surface area (Å²) in [5.74, 6) is 0.866. The largest absolute Gasteiger partial charge is 0.378 e. The average molecular weight is 411 g/mol. The number of anilines is 1. The van der Waals surface area contributed by atoms with Crippen LogP contribution in [0.5, 0.6) is 0 Å². The molecule has 30 heavy (non-hydrogen) atoms. The van der Waals surface area contributed by atoms with Crippen LogP contribution in [0.15, 0.2) is 42.5 Å². The number of pyridine rings is 1. The molecule has 2 aliphatic heterocycles. The van der Waals surface area contributed by atoms with Gasteiger partial charge < -0.3 is 14.5 Å². The van der Waals surface area contributed by atoms with E-state index in [0.717, 1.165) is 37.6 Å². The van der Waals surface area contributed by atoms with Crippen LogP contribution in [0.1, 0.15) is 0 Å². The highest BCUT2D eigenvalue weighted by molar-refractivity contribution is 5.78. The average Bonchev–Trinajstić information content (AvgIpc) is 2.80. The van der Waals surface area contributed by atoms with Crippen molar-refractivity contribution in [2.75, 3.05) is 63.9 Å². The highest BCUT2D eigenvalue weighted by Crippen LogP contribution is 2.30. The first-order valence-corrected chi connectivity index (χ1v) is 10.2. The van der Waals surface area contributed by atoms with Crippen molar-refractivity contribution < 1.29 is 14.5 Å². The molecule has 3 heterocycles. The number of ether oxygens (including phenoxy) is 1. The van der Waals surface area contributed by atoms with Gasteiger partial charge in [-0.15, -0.1) is 0 Å². The van der Waals surface area contributed by atoms with Crippen molar-refractivity contribution in [3.63, 3.8) is 0 Å². The zero-order valence-electron chi connectivity index (χ0n) is 16.8. The summed E-state index contributed by atoms with van der Waals surface area (Å²) in [6.07, 6.45) is 0. The Kier molecular flexibility index (Phi) is 6.20. The predicted octanol–water partition coefficient (Wildman–Crippen LogP) is 1.64. The molecule has 9 nitrogen and oxygen atoms in total. The Hall–Kier alpha value is -3.04. The van der Waals surface area contributed by atoms with E-state index < -0.39 is 4.92 Å². The molecule has 0 radical (unpaired) electrons. The Balaban J connectivity index is 1.42. The van der Waals surface area contributed by atoms with Crippen LogP contribution in [0.25, 0.3) is 11.3 Å². The van der Waals surface area contributed by atoms with E-state index in [0.29, 0.717) is 38.5 Å². The van der Waals surface area contributed by atoms with Gasteiger partial charge in [-0.05, 0) is 6.07 Å².